The number of hydrogen-bond acceptors (Lipinski definition) is 4. The Morgan fingerprint density at radius 2 is 1.70 bits per heavy atom. The Labute approximate surface area is 180 Å². The van der Waals surface area contributed by atoms with Gasteiger partial charge in [-0.25, -0.2) is 0 Å². The van der Waals surface area contributed by atoms with Gasteiger partial charge in [0.25, 0.3) is 0 Å². The molecule has 7 heteroatoms. The second-order valence-electron chi connectivity index (χ2n) is 8.50. The number of hydrogen-bond donors (Lipinski definition) is 3. The monoisotopic (exact) mass is 422 g/mol. The van der Waals surface area contributed by atoms with E-state index in [-0.39, 0.29) is 37.0 Å². The number of rotatable bonds is 15. The zero-order chi connectivity index (χ0) is 21.8. The molecule has 0 aromatic heterocycles. The summed E-state index contributed by atoms with van der Waals surface area (Å²) in [6.07, 6.45) is 13.9. The number of nitrogens with one attached hydrogen (secondary N) is 2. The number of unbranched alkanes of at least 4 members (excludes halogenated alkanes) is 4. The van der Waals surface area contributed by atoms with E-state index >= 15 is 0 Å². The summed E-state index contributed by atoms with van der Waals surface area (Å²) in [5.74, 6) is -0.291. The predicted molar refractivity (Wildman–Crippen MR) is 115 cm³/mol. The summed E-state index contributed by atoms with van der Waals surface area (Å²) in [6.45, 7) is 2.74. The smallest absolute Gasteiger partial charge is 0.303 e. The molecule has 0 saturated carbocycles. The molecular weight excluding hydrogens is 384 g/mol. The summed E-state index contributed by atoms with van der Waals surface area (Å²) >= 11 is 0. The fourth-order valence-electron chi connectivity index (χ4n) is 4.50. The van der Waals surface area contributed by atoms with Gasteiger partial charge in [-0.05, 0) is 44.4 Å². The molecule has 1 unspecified atom stereocenters. The maximum atomic E-state index is 12.2. The van der Waals surface area contributed by atoms with Crippen molar-refractivity contribution in [1.82, 2.24) is 10.6 Å². The molecule has 2 bridgehead atoms. The van der Waals surface area contributed by atoms with Crippen LogP contribution < -0.4 is 10.6 Å². The molecule has 0 aromatic carbocycles. The lowest BCUT2D eigenvalue weighted by molar-refractivity contribution is -0.137. The summed E-state index contributed by atoms with van der Waals surface area (Å²) in [7, 11) is 0. The number of carbonyl (C=O) groups is 3. The van der Waals surface area contributed by atoms with Crippen molar-refractivity contribution in [3.05, 3.63) is 12.2 Å². The van der Waals surface area contributed by atoms with Gasteiger partial charge in [-0.2, -0.15) is 0 Å². The number of aliphatic carboxylic acids is 1. The highest BCUT2D eigenvalue weighted by Gasteiger charge is 2.47. The zero-order valence-corrected chi connectivity index (χ0v) is 18.2. The lowest BCUT2D eigenvalue weighted by Gasteiger charge is -2.27. The minimum Gasteiger partial charge on any atom is -0.481 e. The van der Waals surface area contributed by atoms with Gasteiger partial charge >= 0.3 is 5.97 Å². The van der Waals surface area contributed by atoms with Crippen LogP contribution in [0.4, 0.5) is 0 Å². The van der Waals surface area contributed by atoms with Crippen LogP contribution in [0, 0.1) is 11.8 Å². The first-order valence-electron chi connectivity index (χ1n) is 11.6. The normalized spacial score (nSPS) is 25.0. The molecule has 2 rings (SSSR count). The maximum absolute atomic E-state index is 12.2. The van der Waals surface area contributed by atoms with Crippen LogP contribution in [0.5, 0.6) is 0 Å². The highest BCUT2D eigenvalue weighted by atomic mass is 16.5. The summed E-state index contributed by atoms with van der Waals surface area (Å²) < 4.78 is 6.07. The van der Waals surface area contributed by atoms with Crippen LogP contribution >= 0.6 is 0 Å². The molecule has 7 nitrogen and oxygen atoms in total. The third kappa shape index (κ3) is 8.46. The molecule has 30 heavy (non-hydrogen) atoms. The van der Waals surface area contributed by atoms with Crippen LogP contribution in [0.1, 0.15) is 77.6 Å². The first kappa shape index (κ1) is 24.4. The third-order valence-electron chi connectivity index (χ3n) is 6.17. The fourth-order valence-corrected chi connectivity index (χ4v) is 4.50. The molecule has 0 aliphatic carbocycles. The zero-order valence-electron chi connectivity index (χ0n) is 18.2. The first-order chi connectivity index (χ1) is 14.5. The Morgan fingerprint density at radius 1 is 0.933 bits per heavy atom. The number of carboxylic acid groups (broad SMARTS) is 1. The van der Waals surface area contributed by atoms with E-state index in [9.17, 15) is 14.4 Å². The summed E-state index contributed by atoms with van der Waals surface area (Å²) in [4.78, 5) is 34.5. The van der Waals surface area contributed by atoms with Gasteiger partial charge in [-0.1, -0.05) is 38.3 Å². The van der Waals surface area contributed by atoms with E-state index < -0.39 is 5.97 Å². The van der Waals surface area contributed by atoms with Crippen molar-refractivity contribution in [1.29, 1.82) is 0 Å². The summed E-state index contributed by atoms with van der Waals surface area (Å²) in [5, 5.41) is 14.4. The van der Waals surface area contributed by atoms with E-state index in [2.05, 4.69) is 29.7 Å². The van der Waals surface area contributed by atoms with Crippen molar-refractivity contribution in [3.8, 4) is 0 Å². The van der Waals surface area contributed by atoms with Crippen molar-refractivity contribution >= 4 is 17.8 Å². The van der Waals surface area contributed by atoms with Crippen molar-refractivity contribution < 1.29 is 24.2 Å². The van der Waals surface area contributed by atoms with Gasteiger partial charge < -0.3 is 20.5 Å². The molecule has 3 N–H and O–H groups in total. The highest BCUT2D eigenvalue weighted by Crippen LogP contribution is 2.44. The van der Waals surface area contributed by atoms with Gasteiger partial charge in [-0.3, -0.25) is 14.4 Å². The molecule has 2 aliphatic rings. The van der Waals surface area contributed by atoms with E-state index in [0.29, 0.717) is 31.2 Å². The van der Waals surface area contributed by atoms with Crippen LogP contribution in [0.15, 0.2) is 12.2 Å². The minimum atomic E-state index is -0.756. The van der Waals surface area contributed by atoms with Gasteiger partial charge in [0, 0.05) is 25.3 Å². The van der Waals surface area contributed by atoms with E-state index in [0.717, 1.165) is 51.4 Å². The molecule has 0 radical (unpaired) electrons. The molecule has 0 aromatic rings. The quantitative estimate of drug-likeness (QED) is 0.278. The van der Waals surface area contributed by atoms with Crippen molar-refractivity contribution in [2.24, 2.45) is 11.8 Å². The SMILES string of the molecule is CCCCCCC(=O)NCC(=O)NCC1[C@@H]2CC[C@@H](O2)[C@@H]1C/C=C\CCCC(=O)O. The van der Waals surface area contributed by atoms with Crippen LogP contribution in [-0.2, 0) is 19.1 Å². The molecule has 2 heterocycles. The Balaban J connectivity index is 1.66. The molecular formula is C23H38N2O5. The maximum Gasteiger partial charge on any atom is 0.303 e. The lowest BCUT2D eigenvalue weighted by Crippen LogP contribution is -2.42. The molecule has 170 valence electrons. The second kappa shape index (κ2) is 13.4. The molecule has 2 fully saturated rings. The van der Waals surface area contributed by atoms with Crippen LogP contribution in [-0.4, -0.2) is 48.2 Å². The Kier molecular flexibility index (Phi) is 10.9. The first-order valence-corrected chi connectivity index (χ1v) is 11.6. The number of carbonyl (C=O) groups excluding carboxylic acids is 2. The summed E-state index contributed by atoms with van der Waals surface area (Å²) in [5.41, 5.74) is 0. The van der Waals surface area contributed by atoms with Gasteiger partial charge in [0.05, 0.1) is 18.8 Å². The summed E-state index contributed by atoms with van der Waals surface area (Å²) in [6, 6.07) is 0. The van der Waals surface area contributed by atoms with E-state index in [1.165, 1.54) is 0 Å². The highest BCUT2D eigenvalue weighted by molar-refractivity contribution is 5.84. The Morgan fingerprint density at radius 3 is 2.43 bits per heavy atom. The van der Waals surface area contributed by atoms with Gasteiger partial charge in [0.1, 0.15) is 0 Å². The van der Waals surface area contributed by atoms with Crippen molar-refractivity contribution in [3.63, 3.8) is 0 Å². The molecule has 4 atom stereocenters. The van der Waals surface area contributed by atoms with Crippen LogP contribution in [0.2, 0.25) is 0 Å². The average molecular weight is 423 g/mol. The van der Waals surface area contributed by atoms with Gasteiger partial charge in [0.2, 0.25) is 11.8 Å². The van der Waals surface area contributed by atoms with Crippen LogP contribution in [0.25, 0.3) is 0 Å². The predicted octanol–water partition coefficient (Wildman–Crippen LogP) is 3.18. The minimum absolute atomic E-state index is 0.0302. The third-order valence-corrected chi connectivity index (χ3v) is 6.17. The van der Waals surface area contributed by atoms with Crippen LogP contribution in [0.3, 0.4) is 0 Å². The number of allylic oxidation sites excluding steroid dienone is 2. The molecule has 0 spiro atoms. The van der Waals surface area contributed by atoms with E-state index in [1.54, 1.807) is 0 Å². The lowest BCUT2D eigenvalue weighted by atomic mass is 9.77. The largest absolute Gasteiger partial charge is 0.481 e. The Bertz CT molecular complexity index is 592. The number of ether oxygens (including phenoxy) is 1. The second-order valence-corrected chi connectivity index (χ2v) is 8.50. The van der Waals surface area contributed by atoms with Crippen molar-refractivity contribution in [2.75, 3.05) is 13.1 Å². The van der Waals surface area contributed by atoms with Crippen molar-refractivity contribution in [2.45, 2.75) is 89.8 Å². The number of fused-ring (bicyclic) bond motifs is 2. The van der Waals surface area contributed by atoms with Gasteiger partial charge in [0.15, 0.2) is 0 Å². The average Bonchev–Trinajstić information content (AvgIpc) is 3.32. The molecule has 2 saturated heterocycles. The number of carboxylic acids is 1. The van der Waals surface area contributed by atoms with E-state index in [1.807, 2.05) is 0 Å². The Hall–Kier alpha value is -1.89. The number of amides is 2. The van der Waals surface area contributed by atoms with Gasteiger partial charge in [-0.15, -0.1) is 0 Å². The topological polar surface area (TPSA) is 105 Å². The standard InChI is InChI=1S/C23H38N2O5/c1-2-3-4-8-11-21(26)25-16-22(27)24-15-18-17(19-13-14-20(18)30-19)10-7-5-6-9-12-23(28)29/h5,7,17-20H,2-4,6,8-16H2,1H3,(H,24,27)(H,25,26)(H,28,29)/b7-5-/t17-,18?,19-,20+/m1/s1. The fraction of sp³-hybridized carbons (Fsp3) is 0.783. The van der Waals surface area contributed by atoms with E-state index in [4.69, 9.17) is 9.84 Å². The molecule has 2 aliphatic heterocycles. The molecule has 2 amide bonds.